The van der Waals surface area contributed by atoms with Crippen LogP contribution in [0.3, 0.4) is 0 Å². The number of nitriles is 2. The molecule has 0 bridgehead atoms. The number of fused-ring (bicyclic) bond motifs is 12. The van der Waals surface area contributed by atoms with Gasteiger partial charge in [0.25, 0.3) is 0 Å². The predicted octanol–water partition coefficient (Wildman–Crippen LogP) is 24.2. The largest absolute Gasteiger partial charge is 0.306 e. The Morgan fingerprint density at radius 3 is 0.415 bits per heavy atom. The summed E-state index contributed by atoms with van der Waals surface area (Å²) in [6.45, 7) is 54.8. The smallest absolute Gasteiger partial charge is 0.104 e. The fraction of sp³-hybridized carbons (Fsp3) is 0.364. The van der Waals surface area contributed by atoms with Crippen LogP contribution in [0, 0.1) is 22.7 Å². The van der Waals surface area contributed by atoms with E-state index in [1.54, 1.807) is 0 Å². The van der Waals surface area contributed by atoms with Crippen molar-refractivity contribution in [3.63, 3.8) is 0 Å². The first-order valence-electron chi connectivity index (χ1n) is 34.0. The minimum atomic E-state index is -0.170. The molecule has 94 heavy (non-hydrogen) atoms. The third-order valence-electron chi connectivity index (χ3n) is 20.5. The van der Waals surface area contributed by atoms with Crippen molar-refractivity contribution in [1.29, 1.82) is 10.5 Å². The van der Waals surface area contributed by atoms with Crippen molar-refractivity contribution >= 4 is 87.2 Å². The number of aromatic nitrogens is 4. The molecular formula is C88H96N6. The second-order valence-corrected chi connectivity index (χ2v) is 35.6. The Balaban J connectivity index is 1.39. The highest BCUT2D eigenvalue weighted by Crippen LogP contribution is 2.51. The van der Waals surface area contributed by atoms with E-state index in [-0.39, 0.29) is 43.3 Å². The van der Waals surface area contributed by atoms with Crippen LogP contribution >= 0.6 is 0 Å². The van der Waals surface area contributed by atoms with Crippen LogP contribution in [-0.2, 0) is 43.3 Å². The van der Waals surface area contributed by atoms with Gasteiger partial charge in [0.1, 0.15) is 23.3 Å². The molecule has 0 unspecified atom stereocenters. The number of hydrogen-bond acceptors (Lipinski definition) is 2. The van der Waals surface area contributed by atoms with Crippen LogP contribution in [0.25, 0.3) is 110 Å². The van der Waals surface area contributed by atoms with E-state index >= 15 is 0 Å². The van der Waals surface area contributed by atoms with E-state index in [2.05, 4.69) is 342 Å². The van der Waals surface area contributed by atoms with E-state index in [9.17, 15) is 10.5 Å². The first kappa shape index (κ1) is 63.9. The summed E-state index contributed by atoms with van der Waals surface area (Å²) < 4.78 is 9.49. The second kappa shape index (κ2) is 20.8. The first-order valence-corrected chi connectivity index (χ1v) is 34.0. The number of hydrogen-bond donors (Lipinski definition) is 0. The Morgan fingerprint density at radius 1 is 0.202 bits per heavy atom. The van der Waals surface area contributed by atoms with Crippen molar-refractivity contribution < 1.29 is 0 Å². The van der Waals surface area contributed by atoms with E-state index in [1.165, 1.54) is 44.5 Å². The first-order chi connectivity index (χ1) is 43.6. The van der Waals surface area contributed by atoms with Crippen LogP contribution in [0.1, 0.15) is 222 Å². The van der Waals surface area contributed by atoms with Crippen LogP contribution < -0.4 is 0 Å². The van der Waals surface area contributed by atoms with Gasteiger partial charge in [-0.05, 0) is 185 Å². The van der Waals surface area contributed by atoms with E-state index in [0.29, 0.717) is 33.9 Å². The molecule has 0 aliphatic heterocycles. The average molecular weight is 1240 g/mol. The highest BCUT2D eigenvalue weighted by atomic mass is 15.1. The minimum Gasteiger partial charge on any atom is -0.306 e. The van der Waals surface area contributed by atoms with Gasteiger partial charge in [-0.3, -0.25) is 0 Å². The molecule has 0 atom stereocenters. The van der Waals surface area contributed by atoms with E-state index < -0.39 is 0 Å². The SMILES string of the molecule is CC(C)(C)c1ccc2c(c1)c1cc(C(C)(C)C)ccc1n2-c1c(C#N)c(-n2c3ccc(C(C)(C)C)cc3c3cc(C(C)(C)C)ccc32)c(-n2c3ccc(C(C)(C)C)cc3c3cc(C(C)(C)C)ccc32)c(C#N)c1-n1c2ccc(C(C)(C)C)cc2c2cc(C(C)(C)C)ccc21. The lowest BCUT2D eigenvalue weighted by Gasteiger charge is -2.27. The van der Waals surface area contributed by atoms with Crippen molar-refractivity contribution in [3.8, 4) is 34.9 Å². The summed E-state index contributed by atoms with van der Waals surface area (Å²) in [6, 6.07) is 61.8. The van der Waals surface area contributed by atoms with Gasteiger partial charge in [0, 0.05) is 43.1 Å². The Kier molecular flexibility index (Phi) is 14.2. The highest BCUT2D eigenvalue weighted by molar-refractivity contribution is 6.16. The van der Waals surface area contributed by atoms with Crippen molar-refractivity contribution in [1.82, 2.24) is 18.3 Å². The fourth-order valence-electron chi connectivity index (χ4n) is 14.6. The van der Waals surface area contributed by atoms with Gasteiger partial charge in [0.15, 0.2) is 0 Å². The van der Waals surface area contributed by atoms with Gasteiger partial charge in [-0.1, -0.05) is 215 Å². The minimum absolute atomic E-state index is 0.170. The summed E-state index contributed by atoms with van der Waals surface area (Å²) in [5.41, 5.74) is 19.4. The summed E-state index contributed by atoms with van der Waals surface area (Å²) in [4.78, 5) is 0. The topological polar surface area (TPSA) is 67.3 Å². The van der Waals surface area contributed by atoms with Gasteiger partial charge in [-0.15, -0.1) is 0 Å². The molecule has 0 N–H and O–H groups in total. The van der Waals surface area contributed by atoms with Gasteiger partial charge >= 0.3 is 0 Å². The zero-order chi connectivity index (χ0) is 68.0. The molecule has 0 fully saturated rings. The molecule has 0 spiro atoms. The maximum atomic E-state index is 13.4. The van der Waals surface area contributed by atoms with Crippen LogP contribution in [0.5, 0.6) is 0 Å². The molecule has 4 heterocycles. The molecule has 4 aromatic heterocycles. The molecular weight excluding hydrogens is 1140 g/mol. The third-order valence-corrected chi connectivity index (χ3v) is 20.5. The van der Waals surface area contributed by atoms with Crippen molar-refractivity contribution in [2.24, 2.45) is 0 Å². The fourth-order valence-corrected chi connectivity index (χ4v) is 14.6. The Morgan fingerprint density at radius 2 is 0.319 bits per heavy atom. The molecule has 13 aromatic rings. The number of rotatable bonds is 4. The van der Waals surface area contributed by atoms with Crippen molar-refractivity contribution in [2.75, 3.05) is 0 Å². The molecule has 478 valence electrons. The molecule has 6 nitrogen and oxygen atoms in total. The Labute approximate surface area is 558 Å². The number of benzene rings is 9. The third kappa shape index (κ3) is 10.2. The number of nitrogens with zero attached hydrogens (tertiary/aromatic N) is 6. The molecule has 0 saturated carbocycles. The lowest BCUT2D eigenvalue weighted by Crippen LogP contribution is -2.17. The van der Waals surface area contributed by atoms with Crippen LogP contribution in [0.15, 0.2) is 146 Å². The second-order valence-electron chi connectivity index (χ2n) is 35.6. The Bertz CT molecular complexity index is 4500. The molecule has 0 amide bonds. The van der Waals surface area contributed by atoms with Gasteiger partial charge in [-0.25, -0.2) is 0 Å². The predicted molar refractivity (Wildman–Crippen MR) is 403 cm³/mol. The zero-order valence-corrected chi connectivity index (χ0v) is 60.5. The van der Waals surface area contributed by atoms with Crippen LogP contribution in [0.2, 0.25) is 0 Å². The molecule has 9 aromatic carbocycles. The van der Waals surface area contributed by atoms with Crippen molar-refractivity contribution in [3.05, 3.63) is 201 Å². The Hall–Kier alpha value is -8.84. The quantitative estimate of drug-likeness (QED) is 0.176. The molecule has 0 saturated heterocycles. The standard InChI is InChI=1S/C88H96N6/c1-81(2,3)51-25-33-69-59(41-51)60-42-52(82(4,5)6)26-34-70(60)91(69)77-67(49-89)79(93-73-37-29-55(85(13,14)15)45-63(73)64-46-56(86(16,17)18)30-38-74(64)93)80(94-75-39-31-57(87(19,20)21)47-65(75)66-48-58(88(22,23)24)32-40-76(66)94)68(50-90)78(77)92-71-35-27-53(83(7,8)9)43-61(71)62-44-54(84(10,11)12)28-36-72(62)92/h25-48H,1-24H3. The van der Waals surface area contributed by atoms with Crippen LogP contribution in [0.4, 0.5) is 0 Å². The summed E-state index contributed by atoms with van der Waals surface area (Å²) in [7, 11) is 0. The molecule has 0 aliphatic rings. The van der Waals surface area contributed by atoms with E-state index in [1.807, 2.05) is 0 Å². The molecule has 0 aliphatic carbocycles. The maximum Gasteiger partial charge on any atom is 0.104 e. The van der Waals surface area contributed by atoms with Gasteiger partial charge < -0.3 is 18.3 Å². The molecule has 13 rings (SSSR count). The van der Waals surface area contributed by atoms with E-state index in [4.69, 9.17) is 0 Å². The lowest BCUT2D eigenvalue weighted by molar-refractivity contribution is 0.590. The van der Waals surface area contributed by atoms with Gasteiger partial charge in [0.05, 0.1) is 66.9 Å². The monoisotopic (exact) mass is 1240 g/mol. The van der Waals surface area contributed by atoms with Gasteiger partial charge in [0.2, 0.25) is 0 Å². The van der Waals surface area contributed by atoms with E-state index in [0.717, 1.165) is 87.2 Å². The average Bonchev–Trinajstić information content (AvgIpc) is 1.47. The van der Waals surface area contributed by atoms with Crippen molar-refractivity contribution in [2.45, 2.75) is 209 Å². The summed E-state index contributed by atoms with van der Waals surface area (Å²) in [6.07, 6.45) is 0. The molecule has 0 radical (unpaired) electrons. The lowest BCUT2D eigenvalue weighted by atomic mass is 9.85. The normalized spacial score (nSPS) is 13.5. The van der Waals surface area contributed by atoms with Gasteiger partial charge in [-0.2, -0.15) is 10.5 Å². The maximum absolute atomic E-state index is 13.4. The summed E-state index contributed by atoms with van der Waals surface area (Å²) >= 11 is 0. The summed E-state index contributed by atoms with van der Waals surface area (Å²) in [5, 5.41) is 35.5. The molecule has 6 heteroatoms. The highest BCUT2D eigenvalue weighted by Gasteiger charge is 2.37. The zero-order valence-electron chi connectivity index (χ0n) is 60.5. The summed E-state index contributed by atoms with van der Waals surface area (Å²) in [5.74, 6) is 0. The van der Waals surface area contributed by atoms with Crippen LogP contribution in [-0.4, -0.2) is 18.3 Å².